The number of rotatable bonds is 2. The third kappa shape index (κ3) is 4.20. The van der Waals surface area contributed by atoms with Crippen LogP contribution >= 0.6 is 12.4 Å². The molecule has 0 atom stereocenters. The number of benzene rings is 1. The Morgan fingerprint density at radius 3 is 2.59 bits per heavy atom. The molecule has 0 bridgehead atoms. The van der Waals surface area contributed by atoms with Crippen molar-refractivity contribution >= 4 is 30.1 Å². The molecule has 17 heavy (non-hydrogen) atoms. The number of hydrogen-bond donors (Lipinski definition) is 3. The van der Waals surface area contributed by atoms with Crippen molar-refractivity contribution in [3.8, 4) is 5.75 Å². The van der Waals surface area contributed by atoms with E-state index in [-0.39, 0.29) is 18.4 Å². The summed E-state index contributed by atoms with van der Waals surface area (Å²) >= 11 is 0. The lowest BCUT2D eigenvalue weighted by molar-refractivity contribution is 0.259. The van der Waals surface area contributed by atoms with Gasteiger partial charge in [0.2, 0.25) is 0 Å². The first-order chi connectivity index (χ1) is 7.54. The Labute approximate surface area is 105 Å². The fraction of sp³-hybridized carbons (Fsp3) is 0.200. The van der Waals surface area contributed by atoms with Gasteiger partial charge in [-0.15, -0.1) is 12.4 Å². The van der Waals surface area contributed by atoms with E-state index >= 15 is 0 Å². The van der Waals surface area contributed by atoms with Crippen molar-refractivity contribution < 1.29 is 9.53 Å². The van der Waals surface area contributed by atoms with E-state index in [0.717, 1.165) is 5.56 Å². The number of methoxy groups -OCH3 is 1. The fourth-order valence-corrected chi connectivity index (χ4v) is 1.22. The molecule has 0 aliphatic rings. The van der Waals surface area contributed by atoms with Gasteiger partial charge in [-0.05, 0) is 18.6 Å². The number of urea groups is 1. The van der Waals surface area contributed by atoms with Gasteiger partial charge in [-0.2, -0.15) is 4.99 Å². The summed E-state index contributed by atoms with van der Waals surface area (Å²) in [6.07, 6.45) is 0. The number of para-hydroxylation sites is 1. The van der Waals surface area contributed by atoms with E-state index in [1.54, 1.807) is 6.07 Å². The molecule has 2 amide bonds. The highest BCUT2D eigenvalue weighted by atomic mass is 35.5. The summed E-state index contributed by atoms with van der Waals surface area (Å²) in [6.45, 7) is 1.84. The van der Waals surface area contributed by atoms with Crippen molar-refractivity contribution in [2.75, 3.05) is 12.4 Å². The van der Waals surface area contributed by atoms with Gasteiger partial charge in [0.25, 0.3) is 0 Å². The number of anilines is 1. The first-order valence-corrected chi connectivity index (χ1v) is 4.59. The Kier molecular flexibility index (Phi) is 5.84. The Balaban J connectivity index is 0.00000256. The summed E-state index contributed by atoms with van der Waals surface area (Å²) in [6, 6.07) is 4.77. The van der Waals surface area contributed by atoms with E-state index in [1.807, 2.05) is 19.1 Å². The Morgan fingerprint density at radius 1 is 1.41 bits per heavy atom. The maximum absolute atomic E-state index is 11.3. The van der Waals surface area contributed by atoms with Gasteiger partial charge in [0.05, 0.1) is 12.8 Å². The molecule has 0 radical (unpaired) electrons. The quantitative estimate of drug-likeness (QED) is 0.548. The van der Waals surface area contributed by atoms with E-state index in [4.69, 9.17) is 16.2 Å². The second kappa shape index (κ2) is 6.59. The van der Waals surface area contributed by atoms with Gasteiger partial charge >= 0.3 is 6.03 Å². The van der Waals surface area contributed by atoms with E-state index in [2.05, 4.69) is 10.3 Å². The van der Waals surface area contributed by atoms with Crippen LogP contribution in [-0.4, -0.2) is 19.1 Å². The van der Waals surface area contributed by atoms with Crippen LogP contribution in [0.5, 0.6) is 5.75 Å². The number of hydrogen-bond acceptors (Lipinski definition) is 2. The molecule has 6 nitrogen and oxygen atoms in total. The van der Waals surface area contributed by atoms with Crippen LogP contribution in [0.1, 0.15) is 5.56 Å². The van der Waals surface area contributed by atoms with Gasteiger partial charge in [-0.3, -0.25) is 0 Å². The summed E-state index contributed by atoms with van der Waals surface area (Å²) in [5.74, 6) is 0.268. The van der Waals surface area contributed by atoms with Crippen molar-refractivity contribution in [2.24, 2.45) is 16.5 Å². The SMILES string of the molecule is COc1cccc(C)c1NC(=O)N=C(N)N.Cl. The smallest absolute Gasteiger partial charge is 0.348 e. The zero-order chi connectivity index (χ0) is 12.1. The monoisotopic (exact) mass is 258 g/mol. The van der Waals surface area contributed by atoms with Crippen LogP contribution in [0.3, 0.4) is 0 Å². The largest absolute Gasteiger partial charge is 0.495 e. The number of ether oxygens (including phenoxy) is 1. The highest BCUT2D eigenvalue weighted by molar-refractivity contribution is 5.99. The predicted molar refractivity (Wildman–Crippen MR) is 69.8 cm³/mol. The molecule has 0 aromatic heterocycles. The van der Waals surface area contributed by atoms with Crippen LogP contribution in [0.15, 0.2) is 23.2 Å². The van der Waals surface area contributed by atoms with Gasteiger partial charge in [-0.1, -0.05) is 12.1 Å². The molecule has 94 valence electrons. The van der Waals surface area contributed by atoms with E-state index < -0.39 is 6.03 Å². The first-order valence-electron chi connectivity index (χ1n) is 4.59. The zero-order valence-electron chi connectivity index (χ0n) is 9.56. The molecule has 7 heteroatoms. The van der Waals surface area contributed by atoms with Crippen molar-refractivity contribution in [1.82, 2.24) is 0 Å². The lowest BCUT2D eigenvalue weighted by Gasteiger charge is -2.10. The lowest BCUT2D eigenvalue weighted by Crippen LogP contribution is -2.25. The van der Waals surface area contributed by atoms with Crippen molar-refractivity contribution in [3.63, 3.8) is 0 Å². The van der Waals surface area contributed by atoms with Crippen LogP contribution in [0.2, 0.25) is 0 Å². The number of nitrogens with one attached hydrogen (secondary N) is 1. The number of halogens is 1. The minimum atomic E-state index is -0.632. The minimum Gasteiger partial charge on any atom is -0.495 e. The summed E-state index contributed by atoms with van der Waals surface area (Å²) in [5.41, 5.74) is 11.6. The third-order valence-corrected chi connectivity index (χ3v) is 1.92. The molecule has 0 saturated heterocycles. The summed E-state index contributed by atoms with van der Waals surface area (Å²) in [7, 11) is 1.52. The maximum atomic E-state index is 11.3. The predicted octanol–water partition coefficient (Wildman–Crippen LogP) is 1.23. The topological polar surface area (TPSA) is 103 Å². The molecule has 5 N–H and O–H groups in total. The number of carbonyl (C=O) groups is 1. The summed E-state index contributed by atoms with van der Waals surface area (Å²) in [5, 5.41) is 2.55. The number of amides is 2. The number of guanidine groups is 1. The third-order valence-electron chi connectivity index (χ3n) is 1.92. The molecule has 1 rings (SSSR count). The second-order valence-corrected chi connectivity index (χ2v) is 3.12. The normalized spacial score (nSPS) is 8.82. The summed E-state index contributed by atoms with van der Waals surface area (Å²) < 4.78 is 5.11. The molecule has 1 aromatic carbocycles. The van der Waals surface area contributed by atoms with E-state index in [9.17, 15) is 4.79 Å². The average molecular weight is 259 g/mol. The van der Waals surface area contributed by atoms with Crippen LogP contribution < -0.4 is 21.5 Å². The van der Waals surface area contributed by atoms with Gasteiger partial charge in [0.1, 0.15) is 5.75 Å². The molecule has 0 aliphatic heterocycles. The minimum absolute atomic E-state index is 0. The van der Waals surface area contributed by atoms with Gasteiger partial charge in [0, 0.05) is 0 Å². The molecular weight excluding hydrogens is 244 g/mol. The Hall–Kier alpha value is -1.95. The fourth-order valence-electron chi connectivity index (χ4n) is 1.22. The number of aliphatic imine (C=N–C) groups is 1. The highest BCUT2D eigenvalue weighted by Crippen LogP contribution is 2.27. The first kappa shape index (κ1) is 15.0. The number of nitrogens with zero attached hydrogens (tertiary/aromatic N) is 1. The molecule has 0 aliphatic carbocycles. The molecule has 0 heterocycles. The second-order valence-electron chi connectivity index (χ2n) is 3.12. The standard InChI is InChI=1S/C10H14N4O2.ClH/c1-6-4-3-5-7(16-2)8(6)13-10(15)14-9(11)12;/h3-5H,1-2H3,(H5,11,12,13,14,15);1H. The average Bonchev–Trinajstić information content (AvgIpc) is 2.20. The lowest BCUT2D eigenvalue weighted by atomic mass is 10.2. The summed E-state index contributed by atoms with van der Waals surface area (Å²) in [4.78, 5) is 14.7. The molecule has 0 fully saturated rings. The van der Waals surface area contributed by atoms with Crippen LogP contribution in [0, 0.1) is 6.92 Å². The van der Waals surface area contributed by atoms with E-state index in [0.29, 0.717) is 11.4 Å². The molecular formula is C10H15ClN4O2. The molecule has 0 unspecified atom stereocenters. The van der Waals surface area contributed by atoms with Gasteiger partial charge in [0.15, 0.2) is 5.96 Å². The number of carbonyl (C=O) groups excluding carboxylic acids is 1. The highest BCUT2D eigenvalue weighted by Gasteiger charge is 2.08. The van der Waals surface area contributed by atoms with Crippen LogP contribution in [0.25, 0.3) is 0 Å². The maximum Gasteiger partial charge on any atom is 0.348 e. The Bertz CT molecular complexity index is 430. The number of nitrogens with two attached hydrogens (primary N) is 2. The zero-order valence-corrected chi connectivity index (χ0v) is 10.4. The molecule has 1 aromatic rings. The van der Waals surface area contributed by atoms with Crippen LogP contribution in [0.4, 0.5) is 10.5 Å². The van der Waals surface area contributed by atoms with Crippen LogP contribution in [-0.2, 0) is 0 Å². The molecule has 0 saturated carbocycles. The Morgan fingerprint density at radius 2 is 2.06 bits per heavy atom. The van der Waals surface area contributed by atoms with Gasteiger partial charge in [-0.25, -0.2) is 4.79 Å². The van der Waals surface area contributed by atoms with Crippen molar-refractivity contribution in [1.29, 1.82) is 0 Å². The molecule has 0 spiro atoms. The van der Waals surface area contributed by atoms with Crippen molar-refractivity contribution in [2.45, 2.75) is 6.92 Å². The van der Waals surface area contributed by atoms with Gasteiger partial charge < -0.3 is 21.5 Å². The van der Waals surface area contributed by atoms with Crippen molar-refractivity contribution in [3.05, 3.63) is 23.8 Å². The van der Waals surface area contributed by atoms with E-state index in [1.165, 1.54) is 7.11 Å². The number of aryl methyl sites for hydroxylation is 1.